The van der Waals surface area contributed by atoms with E-state index in [0.29, 0.717) is 5.56 Å². The van der Waals surface area contributed by atoms with Crippen molar-refractivity contribution in [3.8, 4) is 0 Å². The Morgan fingerprint density at radius 2 is 1.54 bits per heavy atom. The highest BCUT2D eigenvalue weighted by atomic mass is 16.6. The first-order chi connectivity index (χ1) is 11.5. The molecular formula is C19H21NO4. The molecule has 0 heterocycles. The maximum absolute atomic E-state index is 12.5. The fraction of sp³-hybridized carbons (Fsp3) is 0.263. The number of carbonyl (C=O) groups excluding carboxylic acids is 1. The summed E-state index contributed by atoms with van der Waals surface area (Å²) in [5.74, 6) is -1.09. The van der Waals surface area contributed by atoms with Gasteiger partial charge in [0, 0.05) is 6.04 Å². The van der Waals surface area contributed by atoms with Crippen LogP contribution in [0.1, 0.15) is 31.0 Å². The molecule has 0 aliphatic rings. The fourth-order valence-corrected chi connectivity index (χ4v) is 2.47. The summed E-state index contributed by atoms with van der Waals surface area (Å²) >= 11 is 0. The molecule has 2 rings (SSSR count). The molecule has 0 saturated carbocycles. The van der Waals surface area contributed by atoms with E-state index in [1.165, 1.54) is 4.90 Å². The SMILES string of the molecule is CC(C)N(C(=O)OCc1ccccc1)C(C(=O)O)c1ccccc1. The molecular weight excluding hydrogens is 306 g/mol. The molecule has 126 valence electrons. The molecule has 24 heavy (non-hydrogen) atoms. The Morgan fingerprint density at radius 3 is 2.04 bits per heavy atom. The van der Waals surface area contributed by atoms with Crippen LogP contribution in [0, 0.1) is 0 Å². The minimum absolute atomic E-state index is 0.101. The summed E-state index contributed by atoms with van der Waals surface area (Å²) in [7, 11) is 0. The third-order valence-electron chi connectivity index (χ3n) is 3.60. The lowest BCUT2D eigenvalue weighted by Crippen LogP contribution is -2.43. The molecule has 0 radical (unpaired) electrons. The van der Waals surface area contributed by atoms with Gasteiger partial charge in [-0.05, 0) is 25.0 Å². The van der Waals surface area contributed by atoms with E-state index in [9.17, 15) is 14.7 Å². The van der Waals surface area contributed by atoms with E-state index in [-0.39, 0.29) is 12.6 Å². The zero-order valence-electron chi connectivity index (χ0n) is 13.8. The molecule has 0 aromatic heterocycles. The molecule has 1 unspecified atom stereocenters. The van der Waals surface area contributed by atoms with E-state index in [1.807, 2.05) is 30.3 Å². The Balaban J connectivity index is 2.20. The van der Waals surface area contributed by atoms with Crippen molar-refractivity contribution in [3.05, 3.63) is 71.8 Å². The molecule has 0 aliphatic carbocycles. The molecule has 1 N–H and O–H groups in total. The summed E-state index contributed by atoms with van der Waals surface area (Å²) in [6.45, 7) is 3.63. The van der Waals surface area contributed by atoms with Crippen molar-refractivity contribution in [2.45, 2.75) is 32.5 Å². The van der Waals surface area contributed by atoms with Crippen LogP contribution < -0.4 is 0 Å². The van der Waals surface area contributed by atoms with Gasteiger partial charge in [0.05, 0.1) is 0 Å². The van der Waals surface area contributed by atoms with E-state index >= 15 is 0 Å². The third-order valence-corrected chi connectivity index (χ3v) is 3.60. The average molecular weight is 327 g/mol. The van der Waals surface area contributed by atoms with E-state index in [2.05, 4.69) is 0 Å². The van der Waals surface area contributed by atoms with Gasteiger partial charge >= 0.3 is 12.1 Å². The Hall–Kier alpha value is -2.82. The minimum Gasteiger partial charge on any atom is -0.479 e. The number of rotatable bonds is 6. The molecule has 1 amide bonds. The topological polar surface area (TPSA) is 66.8 Å². The number of carboxylic acids is 1. The van der Waals surface area contributed by atoms with Crippen molar-refractivity contribution in [2.24, 2.45) is 0 Å². The summed E-state index contributed by atoms with van der Waals surface area (Å²) in [6.07, 6.45) is -0.648. The minimum atomic E-state index is -1.09. The monoisotopic (exact) mass is 327 g/mol. The van der Waals surface area contributed by atoms with Gasteiger partial charge in [-0.2, -0.15) is 0 Å². The summed E-state index contributed by atoms with van der Waals surface area (Å²) < 4.78 is 5.33. The van der Waals surface area contributed by atoms with E-state index < -0.39 is 18.1 Å². The molecule has 0 spiro atoms. The average Bonchev–Trinajstić information content (AvgIpc) is 2.58. The second kappa shape index (κ2) is 8.15. The quantitative estimate of drug-likeness (QED) is 0.875. The highest BCUT2D eigenvalue weighted by Gasteiger charge is 2.34. The summed E-state index contributed by atoms with van der Waals surface area (Å²) in [6, 6.07) is 16.6. The molecule has 2 aromatic rings. The van der Waals surface area contributed by atoms with Crippen LogP contribution in [0.25, 0.3) is 0 Å². The summed E-state index contributed by atoms with van der Waals surface area (Å²) in [5.41, 5.74) is 1.39. The van der Waals surface area contributed by atoms with Crippen LogP contribution in [-0.2, 0) is 16.1 Å². The predicted octanol–water partition coefficient (Wildman–Crippen LogP) is 3.86. The smallest absolute Gasteiger partial charge is 0.411 e. The molecule has 0 aliphatic heterocycles. The number of hydrogen-bond donors (Lipinski definition) is 1. The predicted molar refractivity (Wildman–Crippen MR) is 90.4 cm³/mol. The number of ether oxygens (including phenoxy) is 1. The van der Waals surface area contributed by atoms with Gasteiger partial charge in [0.2, 0.25) is 0 Å². The summed E-state index contributed by atoms with van der Waals surface area (Å²) in [4.78, 5) is 25.5. The number of carbonyl (C=O) groups is 2. The van der Waals surface area contributed by atoms with Gasteiger partial charge in [0.25, 0.3) is 0 Å². The van der Waals surface area contributed by atoms with Gasteiger partial charge in [0.15, 0.2) is 6.04 Å². The lowest BCUT2D eigenvalue weighted by atomic mass is 10.0. The van der Waals surface area contributed by atoms with Gasteiger partial charge < -0.3 is 9.84 Å². The molecule has 0 saturated heterocycles. The van der Waals surface area contributed by atoms with Crippen molar-refractivity contribution in [3.63, 3.8) is 0 Å². The highest BCUT2D eigenvalue weighted by Crippen LogP contribution is 2.24. The number of carboxylic acid groups (broad SMARTS) is 1. The Bertz CT molecular complexity index is 670. The lowest BCUT2D eigenvalue weighted by molar-refractivity contribution is -0.143. The van der Waals surface area contributed by atoms with Crippen molar-refractivity contribution in [1.82, 2.24) is 4.90 Å². The Labute approximate surface area is 141 Å². The van der Waals surface area contributed by atoms with Crippen LogP contribution in [0.5, 0.6) is 0 Å². The standard InChI is InChI=1S/C19H21NO4/c1-14(2)20(17(18(21)22)16-11-7-4-8-12-16)19(23)24-13-15-9-5-3-6-10-15/h3-12,14,17H,13H2,1-2H3,(H,21,22). The third kappa shape index (κ3) is 4.35. The van der Waals surface area contributed by atoms with E-state index in [4.69, 9.17) is 4.74 Å². The molecule has 5 nitrogen and oxygen atoms in total. The Kier molecular flexibility index (Phi) is 5.95. The number of amides is 1. The largest absolute Gasteiger partial charge is 0.479 e. The van der Waals surface area contributed by atoms with Crippen molar-refractivity contribution in [2.75, 3.05) is 0 Å². The van der Waals surface area contributed by atoms with E-state index in [1.54, 1.807) is 44.2 Å². The van der Waals surface area contributed by atoms with Gasteiger partial charge in [-0.15, -0.1) is 0 Å². The van der Waals surface area contributed by atoms with Gasteiger partial charge in [-0.25, -0.2) is 9.59 Å². The zero-order valence-corrected chi connectivity index (χ0v) is 13.8. The highest BCUT2D eigenvalue weighted by molar-refractivity contribution is 5.81. The Morgan fingerprint density at radius 1 is 1.00 bits per heavy atom. The molecule has 5 heteroatoms. The molecule has 2 aromatic carbocycles. The first-order valence-corrected chi connectivity index (χ1v) is 7.77. The van der Waals surface area contributed by atoms with Crippen LogP contribution in [0.4, 0.5) is 4.79 Å². The maximum atomic E-state index is 12.5. The van der Waals surface area contributed by atoms with Crippen LogP contribution in [0.15, 0.2) is 60.7 Å². The number of benzene rings is 2. The maximum Gasteiger partial charge on any atom is 0.411 e. The van der Waals surface area contributed by atoms with E-state index in [0.717, 1.165) is 5.56 Å². The van der Waals surface area contributed by atoms with Gasteiger partial charge in [0.1, 0.15) is 6.61 Å². The molecule has 1 atom stereocenters. The van der Waals surface area contributed by atoms with Crippen LogP contribution >= 0.6 is 0 Å². The normalized spacial score (nSPS) is 11.8. The van der Waals surface area contributed by atoms with Crippen molar-refractivity contribution >= 4 is 12.1 Å². The number of hydrogen-bond acceptors (Lipinski definition) is 3. The lowest BCUT2D eigenvalue weighted by Gasteiger charge is -2.31. The van der Waals surface area contributed by atoms with Crippen LogP contribution in [0.3, 0.4) is 0 Å². The van der Waals surface area contributed by atoms with Crippen molar-refractivity contribution in [1.29, 1.82) is 0 Å². The fourth-order valence-electron chi connectivity index (χ4n) is 2.47. The van der Waals surface area contributed by atoms with Crippen LogP contribution in [-0.4, -0.2) is 28.1 Å². The first-order valence-electron chi connectivity index (χ1n) is 7.77. The first kappa shape index (κ1) is 17.5. The second-order valence-electron chi connectivity index (χ2n) is 5.69. The van der Waals surface area contributed by atoms with Gasteiger partial charge in [-0.1, -0.05) is 60.7 Å². The summed E-state index contributed by atoms with van der Waals surface area (Å²) in [5, 5.41) is 9.63. The molecule has 0 fully saturated rings. The number of aliphatic carboxylic acids is 1. The van der Waals surface area contributed by atoms with Crippen LogP contribution in [0.2, 0.25) is 0 Å². The number of nitrogens with zero attached hydrogens (tertiary/aromatic N) is 1. The second-order valence-corrected chi connectivity index (χ2v) is 5.69. The zero-order chi connectivity index (χ0) is 17.5. The van der Waals surface area contributed by atoms with Crippen molar-refractivity contribution < 1.29 is 19.4 Å². The van der Waals surface area contributed by atoms with Gasteiger partial charge in [-0.3, -0.25) is 4.90 Å². The molecule has 0 bridgehead atoms.